The van der Waals surface area contributed by atoms with Gasteiger partial charge in [-0.25, -0.2) is 14.4 Å². The quantitative estimate of drug-likeness (QED) is 0.478. The summed E-state index contributed by atoms with van der Waals surface area (Å²) in [6.07, 6.45) is 7.30. The molecule has 10 heteroatoms. The molecule has 0 aliphatic heterocycles. The van der Waals surface area contributed by atoms with Crippen LogP contribution >= 0.6 is 11.6 Å². The van der Waals surface area contributed by atoms with Gasteiger partial charge in [0.05, 0.1) is 16.3 Å². The minimum Gasteiger partial charge on any atom is -0.388 e. The number of fused-ring (bicyclic) bond motifs is 1. The molecule has 2 aromatic heterocycles. The molecule has 2 fully saturated rings. The zero-order valence-electron chi connectivity index (χ0n) is 19.1. The molecule has 2 atom stereocenters. The number of aldehydes is 1. The summed E-state index contributed by atoms with van der Waals surface area (Å²) < 4.78 is 14.0. The van der Waals surface area contributed by atoms with Gasteiger partial charge in [0.2, 0.25) is 0 Å². The number of carbonyl (C=O) groups excluding carboxylic acids is 1. The topological polar surface area (TPSA) is 119 Å². The number of nitrogens with two attached hydrogens (primary N) is 1. The van der Waals surface area contributed by atoms with Gasteiger partial charge in [-0.2, -0.15) is 5.10 Å². The summed E-state index contributed by atoms with van der Waals surface area (Å²) in [5.74, 6) is 1.57. The first-order chi connectivity index (χ1) is 16.3. The fraction of sp³-hybridized carbons (Fsp3) is 0.417. The lowest BCUT2D eigenvalue weighted by atomic mass is 9.91. The fourth-order valence-corrected chi connectivity index (χ4v) is 5.44. The largest absolute Gasteiger partial charge is 0.388 e. The second-order valence-corrected chi connectivity index (χ2v) is 9.41. The number of carbonyl (C=O) groups is 1. The van der Waals surface area contributed by atoms with Gasteiger partial charge < -0.3 is 16.2 Å². The van der Waals surface area contributed by atoms with Crippen molar-refractivity contribution in [2.24, 2.45) is 18.9 Å². The third kappa shape index (κ3) is 4.63. The van der Waals surface area contributed by atoms with E-state index >= 15 is 0 Å². The number of anilines is 2. The Kier molecular flexibility index (Phi) is 6.86. The van der Waals surface area contributed by atoms with Crippen LogP contribution in [-0.4, -0.2) is 38.2 Å². The highest BCUT2D eigenvalue weighted by Gasteiger charge is 2.51. The number of benzene rings is 1. The molecule has 0 saturated heterocycles. The van der Waals surface area contributed by atoms with Crippen LogP contribution in [0.2, 0.25) is 5.02 Å². The van der Waals surface area contributed by atoms with Gasteiger partial charge in [-0.3, -0.25) is 9.48 Å². The highest BCUT2D eigenvalue weighted by molar-refractivity contribution is 6.31. The lowest BCUT2D eigenvalue weighted by Gasteiger charge is -2.22. The minimum atomic E-state index is -0.932. The third-order valence-corrected chi connectivity index (χ3v) is 7.18. The SMILES string of the molecule is CNc1ccc(F)c(Cl)c1.Cn1nc(C2CC3CC(O)(c4ncccn4)CC3C2)c(C=O)c1N. The van der Waals surface area contributed by atoms with Crippen molar-refractivity contribution in [1.29, 1.82) is 0 Å². The summed E-state index contributed by atoms with van der Waals surface area (Å²) in [4.78, 5) is 19.8. The summed E-state index contributed by atoms with van der Waals surface area (Å²) in [6.45, 7) is 0. The summed E-state index contributed by atoms with van der Waals surface area (Å²) in [5.41, 5.74) is 7.13. The Bertz CT molecular complexity index is 1160. The van der Waals surface area contributed by atoms with Gasteiger partial charge in [-0.1, -0.05) is 11.6 Å². The Labute approximate surface area is 202 Å². The molecule has 180 valence electrons. The molecule has 2 unspecified atom stereocenters. The van der Waals surface area contributed by atoms with Crippen molar-refractivity contribution >= 4 is 29.4 Å². The molecule has 2 saturated carbocycles. The van der Waals surface area contributed by atoms with Gasteiger partial charge in [0.15, 0.2) is 12.1 Å². The molecule has 0 bridgehead atoms. The minimum absolute atomic E-state index is 0.145. The van der Waals surface area contributed by atoms with Crippen LogP contribution in [-0.2, 0) is 12.6 Å². The van der Waals surface area contributed by atoms with Crippen molar-refractivity contribution in [2.75, 3.05) is 18.1 Å². The van der Waals surface area contributed by atoms with Crippen LogP contribution in [0.25, 0.3) is 0 Å². The number of aromatic nitrogens is 4. The number of hydrogen-bond donors (Lipinski definition) is 3. The Hall–Kier alpha value is -3.04. The standard InChI is InChI=1S/C17H21N5O2.C7H7ClFN/c1-22-15(18)13(9-23)14(21-22)10-5-11-7-17(24,8-12(11)6-10)16-19-3-2-4-20-16;1-10-5-2-3-7(9)6(8)4-5/h2-4,9-12,24H,5-8,18H2,1H3;2-4,10H,1H3. The number of rotatable bonds is 4. The van der Waals surface area contributed by atoms with E-state index in [9.17, 15) is 14.3 Å². The number of nitrogen functional groups attached to an aromatic ring is 1. The van der Waals surface area contributed by atoms with Crippen molar-refractivity contribution in [3.8, 4) is 0 Å². The third-order valence-electron chi connectivity index (χ3n) is 6.89. The van der Waals surface area contributed by atoms with E-state index in [-0.39, 0.29) is 16.8 Å². The van der Waals surface area contributed by atoms with E-state index < -0.39 is 5.60 Å². The maximum atomic E-state index is 12.5. The fourth-order valence-electron chi connectivity index (χ4n) is 5.26. The Morgan fingerprint density at radius 1 is 1.26 bits per heavy atom. The maximum Gasteiger partial charge on any atom is 0.159 e. The van der Waals surface area contributed by atoms with Crippen LogP contribution in [0.4, 0.5) is 15.9 Å². The van der Waals surface area contributed by atoms with Crippen molar-refractivity contribution < 1.29 is 14.3 Å². The highest BCUT2D eigenvalue weighted by atomic mass is 35.5. The monoisotopic (exact) mass is 486 g/mol. The van der Waals surface area contributed by atoms with Crippen LogP contribution in [0.1, 0.15) is 53.5 Å². The predicted molar refractivity (Wildman–Crippen MR) is 128 cm³/mol. The second-order valence-electron chi connectivity index (χ2n) is 9.01. The first kappa shape index (κ1) is 24.1. The molecule has 34 heavy (non-hydrogen) atoms. The molecule has 0 spiro atoms. The van der Waals surface area contributed by atoms with E-state index in [1.807, 2.05) is 0 Å². The van der Waals surface area contributed by atoms with Crippen molar-refractivity contribution in [3.05, 3.63) is 64.6 Å². The molecule has 4 N–H and O–H groups in total. The lowest BCUT2D eigenvalue weighted by molar-refractivity contribution is 0.0253. The zero-order valence-corrected chi connectivity index (χ0v) is 19.8. The van der Waals surface area contributed by atoms with E-state index in [2.05, 4.69) is 20.4 Å². The first-order valence-corrected chi connectivity index (χ1v) is 11.5. The molecular weight excluding hydrogens is 459 g/mol. The molecule has 3 aromatic rings. The van der Waals surface area contributed by atoms with Gasteiger partial charge in [-0.05, 0) is 61.8 Å². The van der Waals surface area contributed by atoms with Gasteiger partial charge in [-0.15, -0.1) is 0 Å². The Morgan fingerprint density at radius 3 is 2.47 bits per heavy atom. The summed E-state index contributed by atoms with van der Waals surface area (Å²) >= 11 is 5.48. The van der Waals surface area contributed by atoms with E-state index in [1.165, 1.54) is 12.1 Å². The van der Waals surface area contributed by atoms with E-state index in [0.29, 0.717) is 41.9 Å². The number of nitrogens with one attached hydrogen (secondary N) is 1. The smallest absolute Gasteiger partial charge is 0.159 e. The Morgan fingerprint density at radius 2 is 1.91 bits per heavy atom. The molecule has 2 aliphatic carbocycles. The van der Waals surface area contributed by atoms with Crippen molar-refractivity contribution in [1.82, 2.24) is 19.7 Å². The lowest BCUT2D eigenvalue weighted by Crippen LogP contribution is -2.25. The van der Waals surface area contributed by atoms with Gasteiger partial charge in [0.25, 0.3) is 0 Å². The maximum absolute atomic E-state index is 12.5. The van der Waals surface area contributed by atoms with Crippen LogP contribution in [0.5, 0.6) is 0 Å². The molecule has 5 rings (SSSR count). The Balaban J connectivity index is 0.000000231. The van der Waals surface area contributed by atoms with Gasteiger partial charge >= 0.3 is 0 Å². The normalized spacial score (nSPS) is 25.4. The summed E-state index contributed by atoms with van der Waals surface area (Å²) in [7, 11) is 3.51. The van der Waals surface area contributed by atoms with Gasteiger partial charge in [0.1, 0.15) is 17.2 Å². The van der Waals surface area contributed by atoms with Crippen LogP contribution in [0.3, 0.4) is 0 Å². The molecule has 0 amide bonds. The second kappa shape index (κ2) is 9.68. The summed E-state index contributed by atoms with van der Waals surface area (Å²) in [5, 5.41) is 18.4. The van der Waals surface area contributed by atoms with Crippen molar-refractivity contribution in [3.63, 3.8) is 0 Å². The number of aryl methyl sites for hydroxylation is 1. The number of aliphatic hydroxyl groups is 1. The molecule has 2 heterocycles. The van der Waals surface area contributed by atoms with Gasteiger partial charge in [0, 0.05) is 38.1 Å². The zero-order chi connectivity index (χ0) is 24.5. The average Bonchev–Trinajstić information content (AvgIpc) is 3.46. The average molecular weight is 487 g/mol. The van der Waals surface area contributed by atoms with Crippen molar-refractivity contribution in [2.45, 2.75) is 37.2 Å². The molecule has 8 nitrogen and oxygen atoms in total. The summed E-state index contributed by atoms with van der Waals surface area (Å²) in [6, 6.07) is 6.25. The van der Waals surface area contributed by atoms with E-state index in [0.717, 1.165) is 30.5 Å². The molecular formula is C24H28ClFN6O2. The van der Waals surface area contributed by atoms with Crippen LogP contribution < -0.4 is 11.1 Å². The number of hydrogen-bond acceptors (Lipinski definition) is 7. The highest BCUT2D eigenvalue weighted by Crippen LogP contribution is 2.56. The van der Waals surface area contributed by atoms with Crippen LogP contribution in [0.15, 0.2) is 36.7 Å². The molecule has 0 radical (unpaired) electrons. The van der Waals surface area contributed by atoms with Crippen LogP contribution in [0, 0.1) is 17.7 Å². The first-order valence-electron chi connectivity index (χ1n) is 11.2. The molecule has 2 aliphatic rings. The van der Waals surface area contributed by atoms with E-state index in [1.54, 1.807) is 43.3 Å². The predicted octanol–water partition coefficient (Wildman–Crippen LogP) is 3.92. The van der Waals surface area contributed by atoms with E-state index in [4.69, 9.17) is 17.3 Å². The molecule has 1 aromatic carbocycles. The number of nitrogens with zero attached hydrogens (tertiary/aromatic N) is 4. The number of halogens is 2.